The number of carbonyl (C=O) groups is 1. The number of nitrogens with zero attached hydrogens (tertiary/aromatic N) is 1. The maximum atomic E-state index is 10.8. The first kappa shape index (κ1) is 7.34. The van der Waals surface area contributed by atoms with Crippen LogP contribution in [0.1, 0.15) is 6.92 Å². The summed E-state index contributed by atoms with van der Waals surface area (Å²) in [6.07, 6.45) is 1.37. The Labute approximate surface area is 64.2 Å². The number of rotatable bonds is 1. The molecule has 1 rings (SSSR count). The van der Waals surface area contributed by atoms with Gasteiger partial charge in [-0.1, -0.05) is 6.58 Å². The Morgan fingerprint density at radius 1 is 1.90 bits per heavy atom. The smallest absolute Gasteiger partial charge is 0.350 e. The van der Waals surface area contributed by atoms with Crippen LogP contribution in [0.25, 0.3) is 0 Å². The monoisotopic (exact) mass is 157 g/mol. The van der Waals surface area contributed by atoms with Crippen molar-refractivity contribution >= 4 is 24.5 Å². The number of aliphatic imine (C=N–C) groups is 1. The van der Waals surface area contributed by atoms with Gasteiger partial charge >= 0.3 is 5.97 Å². The molecule has 0 bridgehead atoms. The van der Waals surface area contributed by atoms with Gasteiger partial charge in [0.15, 0.2) is 0 Å². The maximum absolute atomic E-state index is 10.8. The molecule has 1 aliphatic rings. The molecule has 0 aromatic carbocycles. The van der Waals surface area contributed by atoms with E-state index in [4.69, 9.17) is 0 Å². The first-order chi connectivity index (χ1) is 4.56. The number of carbonyl (C=O) groups excluding carboxylic acids is 1. The molecule has 0 saturated carbocycles. The highest BCUT2D eigenvalue weighted by Gasteiger charge is 2.36. The third-order valence-electron chi connectivity index (χ3n) is 1.09. The Morgan fingerprint density at radius 2 is 2.50 bits per heavy atom. The van der Waals surface area contributed by atoms with E-state index in [9.17, 15) is 4.79 Å². The first-order valence-electron chi connectivity index (χ1n) is 2.73. The SMILES string of the molecule is C=CC1=NC(C)(S)C(=O)O1. The van der Waals surface area contributed by atoms with Crippen LogP contribution in [0.3, 0.4) is 0 Å². The van der Waals surface area contributed by atoms with E-state index in [0.717, 1.165) is 0 Å². The highest BCUT2D eigenvalue weighted by atomic mass is 32.1. The summed E-state index contributed by atoms with van der Waals surface area (Å²) < 4.78 is 4.64. The average Bonchev–Trinajstić information content (AvgIpc) is 2.08. The molecule has 10 heavy (non-hydrogen) atoms. The molecule has 1 atom stereocenters. The Bertz CT molecular complexity index is 220. The quantitative estimate of drug-likeness (QED) is 0.451. The standard InChI is InChI=1S/C6H7NO2S/c1-3-4-7-6(2,10)5(8)9-4/h3,10H,1H2,2H3. The summed E-state index contributed by atoms with van der Waals surface area (Å²) in [7, 11) is 0. The molecule has 0 aromatic heterocycles. The molecule has 0 N–H and O–H groups in total. The van der Waals surface area contributed by atoms with E-state index < -0.39 is 10.8 Å². The number of hydrogen-bond donors (Lipinski definition) is 1. The van der Waals surface area contributed by atoms with E-state index >= 15 is 0 Å². The van der Waals surface area contributed by atoms with Crippen LogP contribution in [-0.2, 0) is 9.53 Å². The van der Waals surface area contributed by atoms with Crippen molar-refractivity contribution in [1.82, 2.24) is 0 Å². The van der Waals surface area contributed by atoms with E-state index in [1.54, 1.807) is 6.92 Å². The van der Waals surface area contributed by atoms with Gasteiger partial charge in [-0.25, -0.2) is 9.79 Å². The zero-order valence-corrected chi connectivity index (χ0v) is 6.39. The normalized spacial score (nSPS) is 31.4. The molecule has 54 valence electrons. The van der Waals surface area contributed by atoms with Crippen molar-refractivity contribution in [2.75, 3.05) is 0 Å². The molecular formula is C6H7NO2S. The van der Waals surface area contributed by atoms with Gasteiger partial charge in [0.2, 0.25) is 10.8 Å². The summed E-state index contributed by atoms with van der Waals surface area (Å²) in [6, 6.07) is 0. The molecule has 0 fully saturated rings. The van der Waals surface area contributed by atoms with Crippen LogP contribution in [0.4, 0.5) is 0 Å². The predicted octanol–water partition coefficient (Wildman–Crippen LogP) is 0.774. The Balaban J connectivity index is 2.91. The van der Waals surface area contributed by atoms with Crippen LogP contribution < -0.4 is 0 Å². The number of hydrogen-bond acceptors (Lipinski definition) is 4. The third-order valence-corrected chi connectivity index (χ3v) is 1.37. The van der Waals surface area contributed by atoms with Gasteiger partial charge < -0.3 is 4.74 Å². The van der Waals surface area contributed by atoms with Crippen molar-refractivity contribution in [3.05, 3.63) is 12.7 Å². The number of cyclic esters (lactones) is 1. The summed E-state index contributed by atoms with van der Waals surface area (Å²) in [5.41, 5.74) is 0. The molecule has 1 heterocycles. The Hall–Kier alpha value is -0.770. The molecule has 0 aliphatic carbocycles. The number of ether oxygens (including phenoxy) is 1. The summed E-state index contributed by atoms with van der Waals surface area (Å²) in [5, 5.41) is 0. The fourth-order valence-corrected chi connectivity index (χ4v) is 0.706. The zero-order valence-electron chi connectivity index (χ0n) is 5.50. The lowest BCUT2D eigenvalue weighted by Gasteiger charge is -2.04. The van der Waals surface area contributed by atoms with Crippen molar-refractivity contribution in [3.8, 4) is 0 Å². The third kappa shape index (κ3) is 1.07. The second-order valence-electron chi connectivity index (χ2n) is 2.06. The van der Waals surface area contributed by atoms with E-state index in [1.807, 2.05) is 0 Å². The lowest BCUT2D eigenvalue weighted by atomic mass is 10.4. The minimum atomic E-state index is -1.02. The molecule has 1 aliphatic heterocycles. The molecule has 4 heteroatoms. The first-order valence-corrected chi connectivity index (χ1v) is 3.18. The van der Waals surface area contributed by atoms with Crippen molar-refractivity contribution in [2.45, 2.75) is 11.8 Å². The van der Waals surface area contributed by atoms with Gasteiger partial charge in [-0.05, 0) is 13.0 Å². The summed E-state index contributed by atoms with van der Waals surface area (Å²) in [4.78, 5) is 13.6. The highest BCUT2D eigenvalue weighted by Crippen LogP contribution is 2.23. The Morgan fingerprint density at radius 3 is 2.70 bits per heavy atom. The van der Waals surface area contributed by atoms with Crippen LogP contribution in [0.2, 0.25) is 0 Å². The zero-order chi connectivity index (χ0) is 7.78. The van der Waals surface area contributed by atoms with Crippen molar-refractivity contribution in [2.24, 2.45) is 4.99 Å². The molecule has 0 aromatic rings. The maximum Gasteiger partial charge on any atom is 0.350 e. The van der Waals surface area contributed by atoms with Crippen LogP contribution in [0.5, 0.6) is 0 Å². The Kier molecular flexibility index (Phi) is 1.56. The molecule has 3 nitrogen and oxygen atoms in total. The van der Waals surface area contributed by atoms with E-state index in [0.29, 0.717) is 0 Å². The van der Waals surface area contributed by atoms with Crippen molar-refractivity contribution in [1.29, 1.82) is 0 Å². The van der Waals surface area contributed by atoms with Gasteiger partial charge in [0.25, 0.3) is 0 Å². The topological polar surface area (TPSA) is 38.7 Å². The van der Waals surface area contributed by atoms with Crippen molar-refractivity contribution < 1.29 is 9.53 Å². The van der Waals surface area contributed by atoms with Gasteiger partial charge in [0, 0.05) is 0 Å². The lowest BCUT2D eigenvalue weighted by Crippen LogP contribution is -2.22. The largest absolute Gasteiger partial charge is 0.405 e. The summed E-state index contributed by atoms with van der Waals surface area (Å²) in [5.74, 6) is -0.215. The van der Waals surface area contributed by atoms with Gasteiger partial charge in [-0.3, -0.25) is 0 Å². The fraction of sp³-hybridized carbons (Fsp3) is 0.333. The second-order valence-corrected chi connectivity index (χ2v) is 2.94. The van der Waals surface area contributed by atoms with Crippen molar-refractivity contribution in [3.63, 3.8) is 0 Å². The molecule has 0 spiro atoms. The van der Waals surface area contributed by atoms with Gasteiger partial charge in [0.05, 0.1) is 0 Å². The number of thiol groups is 1. The fourth-order valence-electron chi connectivity index (χ4n) is 0.562. The van der Waals surface area contributed by atoms with Gasteiger partial charge in [0.1, 0.15) is 0 Å². The van der Waals surface area contributed by atoms with Crippen LogP contribution in [-0.4, -0.2) is 16.7 Å². The minimum Gasteiger partial charge on any atom is -0.405 e. The molecule has 0 radical (unpaired) electrons. The minimum absolute atomic E-state index is 0.238. The molecular weight excluding hydrogens is 150 g/mol. The highest BCUT2D eigenvalue weighted by molar-refractivity contribution is 7.82. The van der Waals surface area contributed by atoms with E-state index in [2.05, 4.69) is 28.9 Å². The lowest BCUT2D eigenvalue weighted by molar-refractivity contribution is -0.135. The summed E-state index contributed by atoms with van der Waals surface area (Å²) in [6.45, 7) is 4.97. The number of esters is 1. The second kappa shape index (κ2) is 2.12. The van der Waals surface area contributed by atoms with Crippen LogP contribution in [0.15, 0.2) is 17.6 Å². The van der Waals surface area contributed by atoms with Gasteiger partial charge in [-0.2, -0.15) is 0 Å². The molecule has 0 amide bonds. The predicted molar refractivity (Wildman–Crippen MR) is 41.1 cm³/mol. The van der Waals surface area contributed by atoms with E-state index in [-0.39, 0.29) is 5.90 Å². The molecule has 0 saturated heterocycles. The van der Waals surface area contributed by atoms with E-state index in [1.165, 1.54) is 6.08 Å². The summed E-state index contributed by atoms with van der Waals surface area (Å²) >= 11 is 3.95. The molecule has 1 unspecified atom stereocenters. The van der Waals surface area contributed by atoms with Gasteiger partial charge in [-0.15, -0.1) is 12.6 Å². The van der Waals surface area contributed by atoms with Crippen LogP contribution in [0, 0.1) is 0 Å². The average molecular weight is 157 g/mol. The van der Waals surface area contributed by atoms with Crippen LogP contribution >= 0.6 is 12.6 Å².